The molecule has 0 aromatic rings. The number of hydrogen-bond acceptors (Lipinski definition) is 2. The number of carbonyl (C=O) groups excluding carboxylic acids is 1. The molecule has 3 heteroatoms. The fourth-order valence-electron chi connectivity index (χ4n) is 2.64. The molecule has 0 aromatic heterocycles. The van der Waals surface area contributed by atoms with Gasteiger partial charge in [0.2, 0.25) is 0 Å². The van der Waals surface area contributed by atoms with E-state index < -0.39 is 5.97 Å². The Bertz CT molecular complexity index is 207. The third-order valence-electron chi connectivity index (χ3n) is 3.98. The van der Waals surface area contributed by atoms with Crippen molar-refractivity contribution < 1.29 is 59.8 Å². The van der Waals surface area contributed by atoms with E-state index in [4.69, 9.17) is 0 Å². The number of hydrogen-bond donors (Lipinski definition) is 0. The number of carbonyl (C=O) groups is 1. The Kier molecular flexibility index (Phi) is 24.4. The summed E-state index contributed by atoms with van der Waals surface area (Å²) in [6.45, 7) is 2.27. The van der Waals surface area contributed by atoms with Crippen LogP contribution in [-0.2, 0) is 4.79 Å². The average Bonchev–Trinajstić information content (AvgIpc) is 2.43. The topological polar surface area (TPSA) is 40.1 Å². The zero-order chi connectivity index (χ0) is 14.9. The van der Waals surface area contributed by atoms with Crippen molar-refractivity contribution in [3.63, 3.8) is 0 Å². The molecule has 0 heterocycles. The van der Waals surface area contributed by atoms with Crippen molar-refractivity contribution in [1.29, 1.82) is 0 Å². The van der Waals surface area contributed by atoms with Gasteiger partial charge in [-0.1, -0.05) is 96.8 Å². The molecule has 0 aliphatic carbocycles. The molecule has 0 fully saturated rings. The molecule has 0 atom stereocenters. The van der Waals surface area contributed by atoms with Gasteiger partial charge in [-0.25, -0.2) is 0 Å². The maximum atomic E-state index is 10.2. The van der Waals surface area contributed by atoms with Crippen LogP contribution in [-0.4, -0.2) is 5.97 Å². The summed E-state index contributed by atoms with van der Waals surface area (Å²) in [5, 5.41) is 10.2. The number of unbranched alkanes of at least 4 members (excludes halogenated alkanes) is 14. The van der Waals surface area contributed by atoms with E-state index in [0.29, 0.717) is 0 Å². The van der Waals surface area contributed by atoms with Gasteiger partial charge in [0.15, 0.2) is 0 Å². The predicted octanol–water partition coefficient (Wildman–Crippen LogP) is 5.00. The monoisotopic (exact) mass is 506 g/mol. The van der Waals surface area contributed by atoms with Crippen molar-refractivity contribution >= 4 is 5.97 Å². The van der Waals surface area contributed by atoms with Gasteiger partial charge in [0.25, 0.3) is 0 Å². The van der Waals surface area contributed by atoms with Crippen LogP contribution in [0.1, 0.15) is 110 Å². The fourth-order valence-corrected chi connectivity index (χ4v) is 2.64. The van der Waals surface area contributed by atoms with Crippen molar-refractivity contribution in [1.82, 2.24) is 0 Å². The predicted molar refractivity (Wildman–Crippen MR) is 84.6 cm³/mol. The Morgan fingerprint density at radius 2 is 0.905 bits per heavy atom. The zero-order valence-electron chi connectivity index (χ0n) is 14.6. The summed E-state index contributed by atoms with van der Waals surface area (Å²) in [4.78, 5) is 10.2. The standard InChI is InChI=1S/C18H36O2.Fr/c1-2-3-4-5-6-7-8-9-10-11-12-13-14-15-16-17-18(19)20;/h2-17H2,1H3,(H,19,20);/q;+1/p-1. The third kappa shape index (κ3) is 23.5. The van der Waals surface area contributed by atoms with Crippen LogP contribution in [0.15, 0.2) is 0 Å². The van der Waals surface area contributed by atoms with Gasteiger partial charge >= 0.3 is 49.9 Å². The van der Waals surface area contributed by atoms with Gasteiger partial charge in [0.1, 0.15) is 0 Å². The largest absolute Gasteiger partial charge is 1.00 e. The van der Waals surface area contributed by atoms with Gasteiger partial charge in [-0.2, -0.15) is 0 Å². The SMILES string of the molecule is CCCCCCCCCCCCCCCCCC(=O)[O-].[Fr+]. The summed E-state index contributed by atoms with van der Waals surface area (Å²) < 4.78 is 0. The molecule has 0 unspecified atom stereocenters. The number of carboxylic acid groups (broad SMARTS) is 1. The Labute approximate surface area is 173 Å². The summed E-state index contributed by atoms with van der Waals surface area (Å²) in [5.41, 5.74) is 0. The quantitative estimate of drug-likeness (QED) is 0.277. The first-order chi connectivity index (χ1) is 9.77. The molecule has 0 N–H and O–H groups in total. The normalized spacial score (nSPS) is 10.3. The molecule has 0 spiro atoms. The van der Waals surface area contributed by atoms with Gasteiger partial charge in [-0.15, -0.1) is 0 Å². The number of aliphatic carboxylic acids is 1. The van der Waals surface area contributed by atoms with E-state index in [0.717, 1.165) is 12.8 Å². The van der Waals surface area contributed by atoms with E-state index in [1.807, 2.05) is 0 Å². The minimum atomic E-state index is -0.903. The summed E-state index contributed by atoms with van der Waals surface area (Å²) in [6.07, 6.45) is 19.9. The molecular weight excluding hydrogens is 471 g/mol. The van der Waals surface area contributed by atoms with Crippen molar-refractivity contribution in [3.8, 4) is 0 Å². The van der Waals surface area contributed by atoms with Gasteiger partial charge in [0, 0.05) is 5.97 Å². The maximum absolute atomic E-state index is 10.2. The third-order valence-corrected chi connectivity index (χ3v) is 3.98. The van der Waals surface area contributed by atoms with E-state index in [1.165, 1.54) is 83.5 Å². The Morgan fingerprint density at radius 1 is 0.619 bits per heavy atom. The smallest absolute Gasteiger partial charge is 0.550 e. The van der Waals surface area contributed by atoms with Crippen molar-refractivity contribution in [3.05, 3.63) is 0 Å². The van der Waals surface area contributed by atoms with E-state index in [1.54, 1.807) is 0 Å². The fraction of sp³-hybridized carbons (Fsp3) is 0.944. The van der Waals surface area contributed by atoms with Gasteiger partial charge in [-0.3, -0.25) is 0 Å². The first-order valence-corrected chi connectivity index (χ1v) is 8.97. The number of rotatable bonds is 16. The van der Waals surface area contributed by atoms with Crippen LogP contribution in [0.25, 0.3) is 0 Å². The van der Waals surface area contributed by atoms with Gasteiger partial charge in [-0.05, 0) is 12.8 Å². The second-order valence-electron chi connectivity index (χ2n) is 6.07. The van der Waals surface area contributed by atoms with E-state index >= 15 is 0 Å². The summed E-state index contributed by atoms with van der Waals surface area (Å²) in [5.74, 6) is -0.903. The second-order valence-corrected chi connectivity index (χ2v) is 6.07. The Morgan fingerprint density at radius 3 is 1.19 bits per heavy atom. The molecule has 0 bridgehead atoms. The van der Waals surface area contributed by atoms with E-state index in [2.05, 4.69) is 6.92 Å². The van der Waals surface area contributed by atoms with Crippen molar-refractivity contribution in [2.24, 2.45) is 0 Å². The summed E-state index contributed by atoms with van der Waals surface area (Å²) in [7, 11) is 0. The van der Waals surface area contributed by atoms with Crippen LogP contribution in [0, 0.1) is 49.9 Å². The summed E-state index contributed by atoms with van der Waals surface area (Å²) >= 11 is 0. The molecule has 0 aromatic carbocycles. The van der Waals surface area contributed by atoms with Crippen LogP contribution >= 0.6 is 0 Å². The molecule has 21 heavy (non-hydrogen) atoms. The average molecular weight is 506 g/mol. The zero-order valence-corrected chi connectivity index (χ0v) is 22.8. The van der Waals surface area contributed by atoms with Gasteiger partial charge < -0.3 is 9.90 Å². The first kappa shape index (κ1) is 24.3. The molecule has 0 saturated carbocycles. The number of carboxylic acids is 1. The molecule has 0 amide bonds. The van der Waals surface area contributed by atoms with E-state index in [9.17, 15) is 9.90 Å². The van der Waals surface area contributed by atoms with Gasteiger partial charge in [0.05, 0.1) is 0 Å². The summed E-state index contributed by atoms with van der Waals surface area (Å²) in [6, 6.07) is 0. The van der Waals surface area contributed by atoms with Crippen molar-refractivity contribution in [2.75, 3.05) is 0 Å². The van der Waals surface area contributed by atoms with Crippen LogP contribution in [0.4, 0.5) is 0 Å². The molecule has 0 radical (unpaired) electrons. The Hall–Kier alpha value is 1.07. The Balaban J connectivity index is 0. The molecule has 0 aliphatic rings. The van der Waals surface area contributed by atoms with E-state index in [-0.39, 0.29) is 56.3 Å². The molecule has 0 saturated heterocycles. The second kappa shape index (κ2) is 21.1. The molecule has 0 rings (SSSR count). The van der Waals surface area contributed by atoms with Crippen molar-refractivity contribution in [2.45, 2.75) is 110 Å². The van der Waals surface area contributed by atoms with Crippen LogP contribution < -0.4 is 5.11 Å². The van der Waals surface area contributed by atoms with Crippen LogP contribution in [0.2, 0.25) is 0 Å². The molecule has 2 nitrogen and oxygen atoms in total. The van der Waals surface area contributed by atoms with Crippen LogP contribution in [0.3, 0.4) is 0 Å². The minimum absolute atomic E-state index is 0. The molecule has 120 valence electrons. The first-order valence-electron chi connectivity index (χ1n) is 8.97. The molecular formula is C18H35FrO2. The maximum Gasteiger partial charge on any atom is 1.00 e. The molecule has 0 aliphatic heterocycles. The van der Waals surface area contributed by atoms with Crippen LogP contribution in [0.5, 0.6) is 0 Å². The minimum Gasteiger partial charge on any atom is -0.550 e.